The Morgan fingerprint density at radius 1 is 1.19 bits per heavy atom. The summed E-state index contributed by atoms with van der Waals surface area (Å²) in [7, 11) is 1.86. The zero-order chi connectivity index (χ0) is 15.2. The molecule has 0 aliphatic rings. The first-order valence-electron chi connectivity index (χ1n) is 7.01. The second-order valence-electron chi connectivity index (χ2n) is 4.78. The van der Waals surface area contributed by atoms with Gasteiger partial charge in [-0.05, 0) is 58.7 Å². The zero-order valence-corrected chi connectivity index (χ0v) is 13.8. The molecule has 0 radical (unpaired) electrons. The van der Waals surface area contributed by atoms with E-state index in [0.29, 0.717) is 11.1 Å². The fourth-order valence-electron chi connectivity index (χ4n) is 2.22. The average Bonchev–Trinajstić information content (AvgIpc) is 2.51. The van der Waals surface area contributed by atoms with Gasteiger partial charge in [0.1, 0.15) is 11.6 Å². The highest BCUT2D eigenvalue weighted by atomic mass is 79.9. The standard InChI is InChI=1S/C17H19BrFNO/c1-3-11-21-13-9-7-12(8-10-13)17(20-2)14-5-4-6-15(19)16(14)18/h4-10,17,20H,3,11H2,1-2H3. The van der Waals surface area contributed by atoms with Crippen LogP contribution in [0.2, 0.25) is 0 Å². The van der Waals surface area contributed by atoms with Crippen molar-refractivity contribution in [1.29, 1.82) is 0 Å². The summed E-state index contributed by atoms with van der Waals surface area (Å²) < 4.78 is 19.8. The SMILES string of the molecule is CCCOc1ccc(C(NC)c2cccc(F)c2Br)cc1. The smallest absolute Gasteiger partial charge is 0.137 e. The largest absolute Gasteiger partial charge is 0.494 e. The maximum atomic E-state index is 13.7. The second-order valence-corrected chi connectivity index (χ2v) is 5.58. The molecule has 0 saturated heterocycles. The minimum Gasteiger partial charge on any atom is -0.494 e. The lowest BCUT2D eigenvalue weighted by atomic mass is 9.98. The van der Waals surface area contributed by atoms with Crippen LogP contribution < -0.4 is 10.1 Å². The van der Waals surface area contributed by atoms with Crippen molar-refractivity contribution < 1.29 is 9.13 Å². The van der Waals surface area contributed by atoms with Gasteiger partial charge in [0, 0.05) is 0 Å². The van der Waals surface area contributed by atoms with Gasteiger partial charge in [-0.1, -0.05) is 31.2 Å². The molecule has 1 unspecified atom stereocenters. The third-order valence-electron chi connectivity index (χ3n) is 3.27. The summed E-state index contributed by atoms with van der Waals surface area (Å²) in [6.45, 7) is 2.79. The predicted molar refractivity (Wildman–Crippen MR) is 87.2 cm³/mol. The summed E-state index contributed by atoms with van der Waals surface area (Å²) >= 11 is 3.33. The van der Waals surface area contributed by atoms with E-state index in [2.05, 4.69) is 28.2 Å². The highest BCUT2D eigenvalue weighted by molar-refractivity contribution is 9.10. The van der Waals surface area contributed by atoms with Gasteiger partial charge in [-0.15, -0.1) is 0 Å². The van der Waals surface area contributed by atoms with E-state index in [-0.39, 0.29) is 11.9 Å². The van der Waals surface area contributed by atoms with Crippen molar-refractivity contribution in [2.24, 2.45) is 0 Å². The molecule has 0 aliphatic heterocycles. The summed E-state index contributed by atoms with van der Waals surface area (Å²) in [5.41, 5.74) is 1.94. The summed E-state index contributed by atoms with van der Waals surface area (Å²) in [6.07, 6.45) is 0.983. The van der Waals surface area contributed by atoms with Crippen LogP contribution in [-0.4, -0.2) is 13.7 Å². The van der Waals surface area contributed by atoms with E-state index in [1.54, 1.807) is 6.07 Å². The van der Waals surface area contributed by atoms with Crippen LogP contribution in [0.1, 0.15) is 30.5 Å². The van der Waals surface area contributed by atoms with E-state index in [1.807, 2.05) is 37.4 Å². The van der Waals surface area contributed by atoms with Crippen molar-refractivity contribution in [3.05, 3.63) is 63.9 Å². The van der Waals surface area contributed by atoms with Crippen LogP contribution in [0.3, 0.4) is 0 Å². The molecule has 21 heavy (non-hydrogen) atoms. The molecule has 0 aliphatic carbocycles. The normalized spacial score (nSPS) is 12.2. The Morgan fingerprint density at radius 3 is 2.52 bits per heavy atom. The third kappa shape index (κ3) is 3.83. The molecule has 2 aromatic rings. The average molecular weight is 352 g/mol. The van der Waals surface area contributed by atoms with Gasteiger partial charge in [-0.3, -0.25) is 0 Å². The van der Waals surface area contributed by atoms with E-state index < -0.39 is 0 Å². The van der Waals surface area contributed by atoms with Crippen LogP contribution in [0.25, 0.3) is 0 Å². The van der Waals surface area contributed by atoms with Gasteiger partial charge >= 0.3 is 0 Å². The lowest BCUT2D eigenvalue weighted by molar-refractivity contribution is 0.317. The van der Waals surface area contributed by atoms with Crippen LogP contribution in [0.15, 0.2) is 46.9 Å². The minimum atomic E-state index is -0.254. The Hall–Kier alpha value is -1.39. The maximum Gasteiger partial charge on any atom is 0.137 e. The molecule has 1 N–H and O–H groups in total. The molecule has 0 aromatic heterocycles. The van der Waals surface area contributed by atoms with Gasteiger partial charge in [0.2, 0.25) is 0 Å². The molecule has 2 nitrogen and oxygen atoms in total. The first-order chi connectivity index (χ1) is 10.2. The van der Waals surface area contributed by atoms with Crippen molar-refractivity contribution in [2.45, 2.75) is 19.4 Å². The molecule has 1 atom stereocenters. The lowest BCUT2D eigenvalue weighted by Crippen LogP contribution is -2.18. The van der Waals surface area contributed by atoms with E-state index in [4.69, 9.17) is 4.74 Å². The quantitative estimate of drug-likeness (QED) is 0.815. The van der Waals surface area contributed by atoms with Crippen molar-refractivity contribution in [3.8, 4) is 5.75 Å². The van der Waals surface area contributed by atoms with Crippen LogP contribution in [0.4, 0.5) is 4.39 Å². The van der Waals surface area contributed by atoms with Crippen molar-refractivity contribution in [1.82, 2.24) is 5.32 Å². The topological polar surface area (TPSA) is 21.3 Å². The molecule has 0 bridgehead atoms. The Bertz CT molecular complexity index is 586. The molecule has 0 heterocycles. The fraction of sp³-hybridized carbons (Fsp3) is 0.294. The van der Waals surface area contributed by atoms with Gasteiger partial charge in [-0.2, -0.15) is 0 Å². The Kier molecular flexibility index (Phi) is 5.76. The molecule has 0 amide bonds. The molecular weight excluding hydrogens is 333 g/mol. The summed E-state index contributed by atoms with van der Waals surface area (Å²) in [5.74, 6) is 0.601. The van der Waals surface area contributed by atoms with Crippen LogP contribution in [-0.2, 0) is 0 Å². The Labute approximate surface area is 133 Å². The van der Waals surface area contributed by atoms with E-state index >= 15 is 0 Å². The molecular formula is C17H19BrFNO. The Balaban J connectivity index is 2.27. The summed E-state index contributed by atoms with van der Waals surface area (Å²) in [4.78, 5) is 0. The van der Waals surface area contributed by atoms with Crippen molar-refractivity contribution in [3.63, 3.8) is 0 Å². The predicted octanol–water partition coefficient (Wildman–Crippen LogP) is 4.69. The van der Waals surface area contributed by atoms with E-state index in [1.165, 1.54) is 6.07 Å². The van der Waals surface area contributed by atoms with Crippen molar-refractivity contribution in [2.75, 3.05) is 13.7 Å². The van der Waals surface area contributed by atoms with Gasteiger partial charge in [0.15, 0.2) is 0 Å². The molecule has 0 spiro atoms. The first-order valence-corrected chi connectivity index (χ1v) is 7.80. The Morgan fingerprint density at radius 2 is 1.90 bits per heavy atom. The number of benzene rings is 2. The highest BCUT2D eigenvalue weighted by Crippen LogP contribution is 2.31. The molecule has 0 fully saturated rings. The van der Waals surface area contributed by atoms with Gasteiger partial charge < -0.3 is 10.1 Å². The van der Waals surface area contributed by atoms with E-state index in [0.717, 1.165) is 23.3 Å². The van der Waals surface area contributed by atoms with E-state index in [9.17, 15) is 4.39 Å². The van der Waals surface area contributed by atoms with Gasteiger partial charge in [0.25, 0.3) is 0 Å². The summed E-state index contributed by atoms with van der Waals surface area (Å²) in [6, 6.07) is 12.9. The lowest BCUT2D eigenvalue weighted by Gasteiger charge is -2.19. The molecule has 112 valence electrons. The third-order valence-corrected chi connectivity index (χ3v) is 4.10. The fourth-order valence-corrected chi connectivity index (χ4v) is 2.71. The second kappa shape index (κ2) is 7.57. The highest BCUT2D eigenvalue weighted by Gasteiger charge is 2.16. The number of ether oxygens (including phenoxy) is 1. The zero-order valence-electron chi connectivity index (χ0n) is 12.2. The van der Waals surface area contributed by atoms with Crippen LogP contribution in [0, 0.1) is 5.82 Å². The number of hydrogen-bond donors (Lipinski definition) is 1. The van der Waals surface area contributed by atoms with Gasteiger partial charge in [0.05, 0.1) is 17.1 Å². The van der Waals surface area contributed by atoms with Crippen molar-refractivity contribution >= 4 is 15.9 Å². The first kappa shape index (κ1) is 16.0. The number of rotatable bonds is 6. The maximum absolute atomic E-state index is 13.7. The van der Waals surface area contributed by atoms with Crippen LogP contribution >= 0.6 is 15.9 Å². The molecule has 0 saturated carbocycles. The number of hydrogen-bond acceptors (Lipinski definition) is 2. The molecule has 4 heteroatoms. The van der Waals surface area contributed by atoms with Gasteiger partial charge in [-0.25, -0.2) is 4.39 Å². The molecule has 2 rings (SSSR count). The summed E-state index contributed by atoms with van der Waals surface area (Å²) in [5, 5.41) is 3.23. The minimum absolute atomic E-state index is 0.0738. The number of halogens is 2. The molecule has 2 aromatic carbocycles. The van der Waals surface area contributed by atoms with Crippen LogP contribution in [0.5, 0.6) is 5.75 Å². The number of nitrogens with one attached hydrogen (secondary N) is 1. The monoisotopic (exact) mass is 351 g/mol.